The van der Waals surface area contributed by atoms with Crippen LogP contribution in [0.3, 0.4) is 0 Å². The highest BCUT2D eigenvalue weighted by Crippen LogP contribution is 2.31. The number of benzene rings is 1. The molecule has 0 heterocycles. The standard InChI is InChI=1S/C17H26N2O/c1-17(2,3)13-7-8-15(20)12(10-13)9-11-5-4-6-14(18)16(11)19/h7-10,14,16,20H,4-6,18-19H2,1-3H3. The third kappa shape index (κ3) is 3.22. The largest absolute Gasteiger partial charge is 0.507 e. The van der Waals surface area contributed by atoms with Gasteiger partial charge >= 0.3 is 0 Å². The minimum atomic E-state index is -0.0959. The second kappa shape index (κ2) is 5.58. The molecule has 0 aromatic heterocycles. The molecule has 1 aromatic rings. The van der Waals surface area contributed by atoms with Crippen molar-refractivity contribution in [2.75, 3.05) is 0 Å². The van der Waals surface area contributed by atoms with Crippen LogP contribution in [0.15, 0.2) is 23.8 Å². The highest BCUT2D eigenvalue weighted by Gasteiger charge is 2.23. The molecule has 1 fully saturated rings. The minimum Gasteiger partial charge on any atom is -0.507 e. The van der Waals surface area contributed by atoms with Gasteiger partial charge in [-0.15, -0.1) is 0 Å². The van der Waals surface area contributed by atoms with Gasteiger partial charge in [0.25, 0.3) is 0 Å². The van der Waals surface area contributed by atoms with Gasteiger partial charge in [0.2, 0.25) is 0 Å². The van der Waals surface area contributed by atoms with Crippen LogP contribution in [0.5, 0.6) is 5.75 Å². The fourth-order valence-corrected chi connectivity index (χ4v) is 2.67. The predicted octanol–water partition coefficient (Wildman–Crippen LogP) is 2.91. The van der Waals surface area contributed by atoms with Crippen molar-refractivity contribution in [3.63, 3.8) is 0 Å². The molecule has 1 aliphatic carbocycles. The molecule has 110 valence electrons. The van der Waals surface area contributed by atoms with Gasteiger partial charge < -0.3 is 16.6 Å². The number of phenols is 1. The summed E-state index contributed by atoms with van der Waals surface area (Å²) in [5.74, 6) is 0.303. The van der Waals surface area contributed by atoms with E-state index in [2.05, 4.69) is 26.8 Å². The van der Waals surface area contributed by atoms with Crippen LogP contribution in [0.4, 0.5) is 0 Å². The maximum absolute atomic E-state index is 10.1. The molecule has 0 aliphatic heterocycles. The zero-order valence-electron chi connectivity index (χ0n) is 12.7. The molecular formula is C17H26N2O. The minimum absolute atomic E-state index is 0.0305. The second-order valence-electron chi connectivity index (χ2n) is 6.82. The number of phenolic OH excluding ortho intramolecular Hbond substituents is 1. The predicted molar refractivity (Wildman–Crippen MR) is 84.6 cm³/mol. The van der Waals surface area contributed by atoms with Crippen molar-refractivity contribution in [1.82, 2.24) is 0 Å². The van der Waals surface area contributed by atoms with E-state index in [-0.39, 0.29) is 17.5 Å². The van der Waals surface area contributed by atoms with E-state index in [1.54, 1.807) is 6.07 Å². The molecule has 2 rings (SSSR count). The van der Waals surface area contributed by atoms with E-state index in [0.29, 0.717) is 5.75 Å². The quantitative estimate of drug-likeness (QED) is 0.737. The Morgan fingerprint density at radius 2 is 1.95 bits per heavy atom. The molecule has 3 nitrogen and oxygen atoms in total. The Morgan fingerprint density at radius 1 is 1.25 bits per heavy atom. The molecule has 0 radical (unpaired) electrons. The molecule has 3 heteroatoms. The molecule has 0 bridgehead atoms. The third-order valence-electron chi connectivity index (χ3n) is 4.13. The van der Waals surface area contributed by atoms with Crippen molar-refractivity contribution < 1.29 is 5.11 Å². The lowest BCUT2D eigenvalue weighted by Crippen LogP contribution is -2.45. The number of hydrogen-bond acceptors (Lipinski definition) is 3. The molecule has 2 atom stereocenters. The summed E-state index contributed by atoms with van der Waals surface area (Å²) in [6, 6.07) is 5.73. The summed E-state index contributed by atoms with van der Waals surface area (Å²) in [6.45, 7) is 6.50. The fraction of sp³-hybridized carbons (Fsp3) is 0.529. The highest BCUT2D eigenvalue weighted by atomic mass is 16.3. The maximum Gasteiger partial charge on any atom is 0.122 e. The zero-order valence-corrected chi connectivity index (χ0v) is 12.7. The van der Waals surface area contributed by atoms with Gasteiger partial charge in [0.1, 0.15) is 5.75 Å². The van der Waals surface area contributed by atoms with Crippen LogP contribution in [0.25, 0.3) is 6.08 Å². The molecule has 5 N–H and O–H groups in total. The molecule has 1 saturated carbocycles. The Labute approximate surface area is 121 Å². The molecular weight excluding hydrogens is 248 g/mol. The number of hydrogen-bond donors (Lipinski definition) is 3. The summed E-state index contributed by atoms with van der Waals surface area (Å²) >= 11 is 0. The Bertz CT molecular complexity index is 514. The van der Waals surface area contributed by atoms with Gasteiger partial charge in [-0.1, -0.05) is 38.5 Å². The normalized spacial score (nSPS) is 25.9. The summed E-state index contributed by atoms with van der Waals surface area (Å²) in [7, 11) is 0. The van der Waals surface area contributed by atoms with Crippen LogP contribution < -0.4 is 11.5 Å². The van der Waals surface area contributed by atoms with Crippen LogP contribution >= 0.6 is 0 Å². The van der Waals surface area contributed by atoms with E-state index < -0.39 is 0 Å². The summed E-state index contributed by atoms with van der Waals surface area (Å²) in [5.41, 5.74) is 15.5. The van der Waals surface area contributed by atoms with E-state index in [1.807, 2.05) is 12.1 Å². The van der Waals surface area contributed by atoms with E-state index in [4.69, 9.17) is 11.5 Å². The van der Waals surface area contributed by atoms with Gasteiger partial charge in [-0.3, -0.25) is 0 Å². The average Bonchev–Trinajstić information content (AvgIpc) is 2.36. The third-order valence-corrected chi connectivity index (χ3v) is 4.13. The Hall–Kier alpha value is -1.32. The first-order chi connectivity index (χ1) is 9.29. The molecule has 0 saturated heterocycles. The topological polar surface area (TPSA) is 72.3 Å². The Morgan fingerprint density at radius 3 is 2.60 bits per heavy atom. The highest BCUT2D eigenvalue weighted by molar-refractivity contribution is 5.62. The fourth-order valence-electron chi connectivity index (χ4n) is 2.67. The van der Waals surface area contributed by atoms with Gasteiger partial charge in [-0.25, -0.2) is 0 Å². The average molecular weight is 274 g/mol. The molecule has 2 unspecified atom stereocenters. The molecule has 0 spiro atoms. The molecule has 0 amide bonds. The monoisotopic (exact) mass is 274 g/mol. The van der Waals surface area contributed by atoms with Crippen molar-refractivity contribution in [3.8, 4) is 5.75 Å². The molecule has 1 aromatic carbocycles. The van der Waals surface area contributed by atoms with Crippen LogP contribution in [0.1, 0.15) is 51.2 Å². The Balaban J connectivity index is 2.37. The van der Waals surface area contributed by atoms with Crippen molar-refractivity contribution in [3.05, 3.63) is 34.9 Å². The zero-order chi connectivity index (χ0) is 14.9. The number of nitrogens with two attached hydrogens (primary N) is 2. The lowest BCUT2D eigenvalue weighted by Gasteiger charge is -2.28. The summed E-state index contributed by atoms with van der Waals surface area (Å²) in [5, 5.41) is 10.1. The van der Waals surface area contributed by atoms with E-state index >= 15 is 0 Å². The van der Waals surface area contributed by atoms with Gasteiger partial charge in [-0.05, 0) is 42.4 Å². The smallest absolute Gasteiger partial charge is 0.122 e. The summed E-state index contributed by atoms with van der Waals surface area (Å²) in [6.07, 6.45) is 5.04. The lowest BCUT2D eigenvalue weighted by atomic mass is 9.83. The molecule has 1 aliphatic rings. The van der Waals surface area contributed by atoms with Crippen LogP contribution in [-0.2, 0) is 5.41 Å². The SMILES string of the molecule is CC(C)(C)c1ccc(O)c(C=C2CCCC(N)C2N)c1. The van der Waals surface area contributed by atoms with Gasteiger partial charge in [0, 0.05) is 17.6 Å². The Kier molecular flexibility index (Phi) is 4.21. The summed E-state index contributed by atoms with van der Waals surface area (Å²) in [4.78, 5) is 0. The van der Waals surface area contributed by atoms with E-state index in [1.165, 1.54) is 5.56 Å². The van der Waals surface area contributed by atoms with E-state index in [0.717, 1.165) is 30.4 Å². The van der Waals surface area contributed by atoms with Gasteiger partial charge in [-0.2, -0.15) is 0 Å². The summed E-state index contributed by atoms with van der Waals surface area (Å²) < 4.78 is 0. The van der Waals surface area contributed by atoms with Gasteiger partial charge in [0.05, 0.1) is 0 Å². The van der Waals surface area contributed by atoms with Crippen molar-refractivity contribution in [1.29, 1.82) is 0 Å². The number of aromatic hydroxyl groups is 1. The van der Waals surface area contributed by atoms with Crippen molar-refractivity contribution in [2.24, 2.45) is 11.5 Å². The first-order valence-electron chi connectivity index (χ1n) is 7.34. The van der Waals surface area contributed by atoms with Gasteiger partial charge in [0.15, 0.2) is 0 Å². The van der Waals surface area contributed by atoms with Crippen LogP contribution in [0.2, 0.25) is 0 Å². The van der Waals surface area contributed by atoms with E-state index in [9.17, 15) is 5.11 Å². The maximum atomic E-state index is 10.1. The second-order valence-corrected chi connectivity index (χ2v) is 6.82. The van der Waals surface area contributed by atoms with Crippen LogP contribution in [0, 0.1) is 0 Å². The first kappa shape index (κ1) is 15.1. The van der Waals surface area contributed by atoms with Crippen molar-refractivity contribution in [2.45, 2.75) is 57.5 Å². The molecule has 20 heavy (non-hydrogen) atoms. The van der Waals surface area contributed by atoms with Crippen LogP contribution in [-0.4, -0.2) is 17.2 Å². The lowest BCUT2D eigenvalue weighted by molar-refractivity contribution is 0.462. The van der Waals surface area contributed by atoms with Crippen molar-refractivity contribution >= 4 is 6.08 Å². The first-order valence-corrected chi connectivity index (χ1v) is 7.34. The number of rotatable bonds is 1.